The molecule has 0 radical (unpaired) electrons. The van der Waals surface area contributed by atoms with E-state index in [2.05, 4.69) is 54.3 Å². The fourth-order valence-corrected chi connectivity index (χ4v) is 2.25. The van der Waals surface area contributed by atoms with Crippen molar-refractivity contribution in [2.45, 2.75) is 39.3 Å². The first-order valence-electron chi connectivity index (χ1n) is 7.53. The molecule has 0 saturated carbocycles. The summed E-state index contributed by atoms with van der Waals surface area (Å²) in [4.78, 5) is 6.85. The van der Waals surface area contributed by atoms with Crippen molar-refractivity contribution in [1.29, 1.82) is 0 Å². The first kappa shape index (κ1) is 15.4. The summed E-state index contributed by atoms with van der Waals surface area (Å²) in [6.07, 6.45) is 5.30. The van der Waals surface area contributed by atoms with E-state index in [-0.39, 0.29) is 6.04 Å². The van der Waals surface area contributed by atoms with Gasteiger partial charge in [-0.25, -0.2) is 4.99 Å². The van der Waals surface area contributed by atoms with E-state index in [1.807, 2.05) is 18.2 Å². The molecule has 1 aliphatic rings. The molecule has 0 saturated heterocycles. The Bertz CT molecular complexity index is 525. The van der Waals surface area contributed by atoms with Gasteiger partial charge in [0.2, 0.25) is 0 Å². The molecule has 1 aliphatic heterocycles. The molecule has 1 aromatic rings. The standard InChI is InChI=1S/C17H25N3O/c1-5-13(2)20-10-9-17(18-12-20)19-14(3)15-7-6-8-16(11-15)21-4/h6-11,13-14H,5,12H2,1-4H3,(H,18,19). The third kappa shape index (κ3) is 4.00. The van der Waals surface area contributed by atoms with Gasteiger partial charge in [-0.3, -0.25) is 0 Å². The van der Waals surface area contributed by atoms with Gasteiger partial charge < -0.3 is 15.0 Å². The number of aliphatic imine (C=N–C) groups is 1. The highest BCUT2D eigenvalue weighted by molar-refractivity contribution is 5.93. The molecule has 0 fully saturated rings. The van der Waals surface area contributed by atoms with Crippen molar-refractivity contribution >= 4 is 5.84 Å². The van der Waals surface area contributed by atoms with Gasteiger partial charge in [0.05, 0.1) is 13.2 Å². The number of hydrogen-bond acceptors (Lipinski definition) is 4. The minimum Gasteiger partial charge on any atom is -0.497 e. The highest BCUT2D eigenvalue weighted by Crippen LogP contribution is 2.19. The fraction of sp³-hybridized carbons (Fsp3) is 0.471. The van der Waals surface area contributed by atoms with Crippen LogP contribution in [0.5, 0.6) is 5.75 Å². The molecule has 1 N–H and O–H groups in total. The van der Waals surface area contributed by atoms with Crippen LogP contribution >= 0.6 is 0 Å². The van der Waals surface area contributed by atoms with Crippen molar-refractivity contribution in [2.75, 3.05) is 13.8 Å². The largest absolute Gasteiger partial charge is 0.497 e. The molecule has 4 nitrogen and oxygen atoms in total. The first-order valence-corrected chi connectivity index (χ1v) is 7.53. The van der Waals surface area contributed by atoms with Crippen LogP contribution in [-0.2, 0) is 0 Å². The van der Waals surface area contributed by atoms with E-state index in [1.165, 1.54) is 5.56 Å². The van der Waals surface area contributed by atoms with E-state index < -0.39 is 0 Å². The minimum absolute atomic E-state index is 0.193. The summed E-state index contributed by atoms with van der Waals surface area (Å²) in [5.41, 5.74) is 1.19. The molecule has 0 aromatic heterocycles. The molecule has 1 heterocycles. The maximum atomic E-state index is 5.27. The smallest absolute Gasteiger partial charge is 0.124 e. The van der Waals surface area contributed by atoms with Crippen LogP contribution in [0.4, 0.5) is 0 Å². The lowest BCUT2D eigenvalue weighted by Crippen LogP contribution is -2.34. The molecule has 0 aliphatic carbocycles. The lowest BCUT2D eigenvalue weighted by molar-refractivity contribution is 0.292. The van der Waals surface area contributed by atoms with Gasteiger partial charge in [0.1, 0.15) is 18.3 Å². The van der Waals surface area contributed by atoms with E-state index in [4.69, 9.17) is 4.74 Å². The van der Waals surface area contributed by atoms with Crippen LogP contribution in [0.25, 0.3) is 0 Å². The Morgan fingerprint density at radius 1 is 1.38 bits per heavy atom. The molecular weight excluding hydrogens is 262 g/mol. The number of rotatable bonds is 5. The predicted molar refractivity (Wildman–Crippen MR) is 87.6 cm³/mol. The summed E-state index contributed by atoms with van der Waals surface area (Å²) in [5, 5.41) is 3.44. The Hall–Kier alpha value is -1.97. The third-order valence-electron chi connectivity index (χ3n) is 3.94. The lowest BCUT2D eigenvalue weighted by Gasteiger charge is -2.28. The van der Waals surface area contributed by atoms with Gasteiger partial charge in [-0.15, -0.1) is 0 Å². The summed E-state index contributed by atoms with van der Waals surface area (Å²) < 4.78 is 5.27. The molecule has 0 bridgehead atoms. The monoisotopic (exact) mass is 287 g/mol. The Morgan fingerprint density at radius 2 is 2.19 bits per heavy atom. The van der Waals surface area contributed by atoms with Crippen molar-refractivity contribution in [2.24, 2.45) is 4.99 Å². The molecule has 4 heteroatoms. The average Bonchev–Trinajstić information content (AvgIpc) is 2.54. The van der Waals surface area contributed by atoms with Gasteiger partial charge in [-0.1, -0.05) is 19.1 Å². The summed E-state index contributed by atoms with van der Waals surface area (Å²) in [7, 11) is 1.69. The third-order valence-corrected chi connectivity index (χ3v) is 3.94. The normalized spacial score (nSPS) is 17.1. The number of ether oxygens (including phenoxy) is 1. The van der Waals surface area contributed by atoms with E-state index >= 15 is 0 Å². The highest BCUT2D eigenvalue weighted by atomic mass is 16.5. The Kier molecular flexibility index (Phi) is 5.26. The molecule has 21 heavy (non-hydrogen) atoms. The van der Waals surface area contributed by atoms with Crippen LogP contribution in [0.15, 0.2) is 41.5 Å². The van der Waals surface area contributed by atoms with Crippen molar-refractivity contribution < 1.29 is 4.74 Å². The van der Waals surface area contributed by atoms with Crippen molar-refractivity contribution in [3.8, 4) is 5.75 Å². The molecule has 1 aromatic carbocycles. The zero-order chi connectivity index (χ0) is 15.2. The van der Waals surface area contributed by atoms with Crippen LogP contribution < -0.4 is 10.1 Å². The van der Waals surface area contributed by atoms with Crippen LogP contribution in [0, 0.1) is 0 Å². The number of methoxy groups -OCH3 is 1. The van der Waals surface area contributed by atoms with E-state index in [1.54, 1.807) is 7.11 Å². The SMILES string of the molecule is CCC(C)N1C=CC(NC(C)c2cccc(OC)c2)=NC1. The average molecular weight is 287 g/mol. The number of amidine groups is 1. The van der Waals surface area contributed by atoms with Gasteiger partial charge in [0, 0.05) is 12.2 Å². The maximum absolute atomic E-state index is 5.27. The summed E-state index contributed by atoms with van der Waals surface area (Å²) in [6.45, 7) is 7.27. The van der Waals surface area contributed by atoms with Gasteiger partial charge in [0.25, 0.3) is 0 Å². The predicted octanol–water partition coefficient (Wildman–Crippen LogP) is 3.33. The van der Waals surface area contributed by atoms with E-state index in [9.17, 15) is 0 Å². The topological polar surface area (TPSA) is 36.9 Å². The Labute approximate surface area is 127 Å². The second-order valence-electron chi connectivity index (χ2n) is 5.41. The highest BCUT2D eigenvalue weighted by Gasteiger charge is 2.13. The second kappa shape index (κ2) is 7.16. The molecule has 0 spiro atoms. The summed E-state index contributed by atoms with van der Waals surface area (Å²) in [5.74, 6) is 1.81. The number of nitrogens with one attached hydrogen (secondary N) is 1. The molecule has 2 rings (SSSR count). The van der Waals surface area contributed by atoms with Gasteiger partial charge in [-0.2, -0.15) is 0 Å². The molecule has 2 unspecified atom stereocenters. The quantitative estimate of drug-likeness (QED) is 0.902. The zero-order valence-electron chi connectivity index (χ0n) is 13.3. The number of benzene rings is 1. The molecule has 2 atom stereocenters. The van der Waals surface area contributed by atoms with Gasteiger partial charge in [0.15, 0.2) is 0 Å². The van der Waals surface area contributed by atoms with Crippen LogP contribution in [-0.4, -0.2) is 30.6 Å². The maximum Gasteiger partial charge on any atom is 0.124 e. The van der Waals surface area contributed by atoms with Crippen LogP contribution in [0.2, 0.25) is 0 Å². The number of nitrogens with zero attached hydrogens (tertiary/aromatic N) is 2. The summed E-state index contributed by atoms with van der Waals surface area (Å²) in [6, 6.07) is 8.84. The van der Waals surface area contributed by atoms with Crippen LogP contribution in [0.3, 0.4) is 0 Å². The molecule has 114 valence electrons. The van der Waals surface area contributed by atoms with Crippen molar-refractivity contribution in [1.82, 2.24) is 10.2 Å². The first-order chi connectivity index (χ1) is 10.1. The van der Waals surface area contributed by atoms with Crippen molar-refractivity contribution in [3.05, 3.63) is 42.1 Å². The molecule has 0 amide bonds. The van der Waals surface area contributed by atoms with E-state index in [0.717, 1.165) is 24.7 Å². The zero-order valence-corrected chi connectivity index (χ0v) is 13.3. The lowest BCUT2D eigenvalue weighted by atomic mass is 10.1. The van der Waals surface area contributed by atoms with Crippen LogP contribution in [0.1, 0.15) is 38.8 Å². The van der Waals surface area contributed by atoms with Crippen molar-refractivity contribution in [3.63, 3.8) is 0 Å². The number of hydrogen-bond donors (Lipinski definition) is 1. The summed E-state index contributed by atoms with van der Waals surface area (Å²) >= 11 is 0. The minimum atomic E-state index is 0.193. The van der Waals surface area contributed by atoms with Gasteiger partial charge in [-0.05, 0) is 44.0 Å². The Balaban J connectivity index is 1.96. The Morgan fingerprint density at radius 3 is 2.81 bits per heavy atom. The van der Waals surface area contributed by atoms with Gasteiger partial charge >= 0.3 is 0 Å². The molecular formula is C17H25N3O. The van der Waals surface area contributed by atoms with E-state index in [0.29, 0.717) is 6.04 Å². The fourth-order valence-electron chi connectivity index (χ4n) is 2.25. The second-order valence-corrected chi connectivity index (χ2v) is 5.41.